The van der Waals surface area contributed by atoms with E-state index in [0.717, 1.165) is 11.1 Å². The first-order valence-electron chi connectivity index (χ1n) is 7.04. The van der Waals surface area contributed by atoms with E-state index >= 15 is 0 Å². The summed E-state index contributed by atoms with van der Waals surface area (Å²) in [5.74, 6) is 0.0391. The zero-order chi connectivity index (χ0) is 16.3. The summed E-state index contributed by atoms with van der Waals surface area (Å²) in [7, 11) is -2.97. The second kappa shape index (κ2) is 6.60. The van der Waals surface area contributed by atoms with Crippen LogP contribution < -0.4 is 5.32 Å². The Morgan fingerprint density at radius 3 is 2.19 bits per heavy atom. The van der Waals surface area contributed by atoms with Crippen LogP contribution in [0.5, 0.6) is 0 Å². The van der Waals surface area contributed by atoms with Gasteiger partial charge in [0.1, 0.15) is 9.84 Å². The molecule has 1 rings (SSSR count). The highest BCUT2D eigenvalue weighted by molar-refractivity contribution is 7.90. The molecule has 0 fully saturated rings. The second-order valence-corrected chi connectivity index (χ2v) is 8.75. The van der Waals surface area contributed by atoms with Crippen molar-refractivity contribution in [2.45, 2.75) is 34.1 Å². The van der Waals surface area contributed by atoms with Gasteiger partial charge in [0.05, 0.1) is 5.75 Å². The van der Waals surface area contributed by atoms with Gasteiger partial charge < -0.3 is 5.32 Å². The maximum absolute atomic E-state index is 12.3. The topological polar surface area (TPSA) is 63.2 Å². The van der Waals surface area contributed by atoms with Crippen LogP contribution in [0.3, 0.4) is 0 Å². The van der Waals surface area contributed by atoms with Gasteiger partial charge in [-0.3, -0.25) is 4.79 Å². The summed E-state index contributed by atoms with van der Waals surface area (Å²) in [6.45, 7) is 8.20. The summed E-state index contributed by atoms with van der Waals surface area (Å²) in [6, 6.07) is 5.75. The van der Waals surface area contributed by atoms with Crippen LogP contribution in [0, 0.1) is 19.3 Å². The van der Waals surface area contributed by atoms with E-state index < -0.39 is 9.84 Å². The van der Waals surface area contributed by atoms with E-state index in [1.807, 2.05) is 45.9 Å². The molecule has 0 aliphatic rings. The van der Waals surface area contributed by atoms with Crippen molar-refractivity contribution in [3.05, 3.63) is 34.9 Å². The zero-order valence-electron chi connectivity index (χ0n) is 13.5. The van der Waals surface area contributed by atoms with Gasteiger partial charge >= 0.3 is 0 Å². The van der Waals surface area contributed by atoms with Gasteiger partial charge in [-0.15, -0.1) is 0 Å². The highest BCUT2D eigenvalue weighted by atomic mass is 32.2. The highest BCUT2D eigenvalue weighted by Crippen LogP contribution is 2.20. The van der Waals surface area contributed by atoms with Crippen LogP contribution in [0.2, 0.25) is 0 Å². The van der Waals surface area contributed by atoms with E-state index in [9.17, 15) is 13.2 Å². The molecule has 0 aromatic heterocycles. The fourth-order valence-electron chi connectivity index (χ4n) is 2.13. The number of hydrogen-bond acceptors (Lipinski definition) is 3. The summed E-state index contributed by atoms with van der Waals surface area (Å²) in [6.07, 6.45) is 1.76. The monoisotopic (exact) mass is 311 g/mol. The standard InChI is InChI=1S/C16H25NO3S/c1-12-7-6-8-13(2)14(12)15(18)17-11-16(3,4)9-10-21(5,19)20/h6-8H,9-11H2,1-5H3,(H,17,18). The summed E-state index contributed by atoms with van der Waals surface area (Å²) in [5.41, 5.74) is 2.34. The third-order valence-corrected chi connectivity index (χ3v) is 4.53. The summed E-state index contributed by atoms with van der Waals surface area (Å²) in [5, 5.41) is 2.92. The van der Waals surface area contributed by atoms with Crippen molar-refractivity contribution in [3.63, 3.8) is 0 Å². The van der Waals surface area contributed by atoms with Crippen molar-refractivity contribution >= 4 is 15.7 Å². The average molecular weight is 311 g/mol. The lowest BCUT2D eigenvalue weighted by molar-refractivity contribution is 0.0934. The Bertz CT molecular complexity index is 598. The van der Waals surface area contributed by atoms with Crippen LogP contribution in [-0.2, 0) is 9.84 Å². The van der Waals surface area contributed by atoms with Crippen LogP contribution in [0.25, 0.3) is 0 Å². The predicted octanol–water partition coefficient (Wildman–Crippen LogP) is 2.49. The Morgan fingerprint density at radius 2 is 1.71 bits per heavy atom. The van der Waals surface area contributed by atoms with Crippen LogP contribution >= 0.6 is 0 Å². The Labute approximate surface area is 127 Å². The second-order valence-electron chi connectivity index (χ2n) is 6.49. The summed E-state index contributed by atoms with van der Waals surface area (Å²) < 4.78 is 22.5. The predicted molar refractivity (Wildman–Crippen MR) is 86.4 cm³/mol. The van der Waals surface area contributed by atoms with E-state index in [2.05, 4.69) is 5.32 Å². The van der Waals surface area contributed by atoms with Gasteiger partial charge in [0.2, 0.25) is 0 Å². The van der Waals surface area contributed by atoms with Gasteiger partial charge in [-0.05, 0) is 36.8 Å². The minimum absolute atomic E-state index is 0.0990. The number of hydrogen-bond donors (Lipinski definition) is 1. The fourth-order valence-corrected chi connectivity index (χ4v) is 3.05. The molecule has 0 heterocycles. The van der Waals surface area contributed by atoms with Gasteiger partial charge in [-0.2, -0.15) is 0 Å². The quantitative estimate of drug-likeness (QED) is 0.878. The maximum atomic E-state index is 12.3. The van der Waals surface area contributed by atoms with Crippen molar-refractivity contribution < 1.29 is 13.2 Å². The van der Waals surface area contributed by atoms with Gasteiger partial charge in [0.15, 0.2) is 0 Å². The van der Waals surface area contributed by atoms with Crippen LogP contribution in [-0.4, -0.2) is 32.9 Å². The highest BCUT2D eigenvalue weighted by Gasteiger charge is 2.22. The molecule has 0 atom stereocenters. The summed E-state index contributed by atoms with van der Waals surface area (Å²) >= 11 is 0. The lowest BCUT2D eigenvalue weighted by atomic mass is 9.90. The summed E-state index contributed by atoms with van der Waals surface area (Å²) in [4.78, 5) is 12.3. The smallest absolute Gasteiger partial charge is 0.251 e. The minimum atomic E-state index is -2.97. The fraction of sp³-hybridized carbons (Fsp3) is 0.562. The van der Waals surface area contributed by atoms with E-state index in [-0.39, 0.29) is 17.1 Å². The van der Waals surface area contributed by atoms with Gasteiger partial charge in [-0.1, -0.05) is 32.0 Å². The van der Waals surface area contributed by atoms with Crippen molar-refractivity contribution in [1.29, 1.82) is 0 Å². The third-order valence-electron chi connectivity index (χ3n) is 3.59. The van der Waals surface area contributed by atoms with Gasteiger partial charge in [0.25, 0.3) is 5.91 Å². The molecule has 1 aromatic carbocycles. The molecule has 0 spiro atoms. The largest absolute Gasteiger partial charge is 0.351 e. The van der Waals surface area contributed by atoms with E-state index in [0.29, 0.717) is 18.5 Å². The lowest BCUT2D eigenvalue weighted by Crippen LogP contribution is -2.35. The van der Waals surface area contributed by atoms with Crippen LogP contribution in [0.4, 0.5) is 0 Å². The maximum Gasteiger partial charge on any atom is 0.251 e. The number of sulfone groups is 1. The zero-order valence-corrected chi connectivity index (χ0v) is 14.3. The molecule has 1 aromatic rings. The molecule has 0 saturated carbocycles. The van der Waals surface area contributed by atoms with E-state index in [1.165, 1.54) is 6.26 Å². The normalized spacial score (nSPS) is 12.2. The molecule has 1 N–H and O–H groups in total. The SMILES string of the molecule is Cc1cccc(C)c1C(=O)NCC(C)(C)CCS(C)(=O)=O. The Morgan fingerprint density at radius 1 is 1.19 bits per heavy atom. The van der Waals surface area contributed by atoms with Crippen molar-refractivity contribution in [3.8, 4) is 0 Å². The molecule has 0 unspecified atom stereocenters. The molecule has 0 bridgehead atoms. The van der Waals surface area contributed by atoms with Crippen molar-refractivity contribution in [1.82, 2.24) is 5.32 Å². The average Bonchev–Trinajstić information content (AvgIpc) is 2.33. The van der Waals surface area contributed by atoms with Crippen molar-refractivity contribution in [2.24, 2.45) is 5.41 Å². The van der Waals surface area contributed by atoms with E-state index in [4.69, 9.17) is 0 Å². The number of benzene rings is 1. The van der Waals surface area contributed by atoms with Crippen molar-refractivity contribution in [2.75, 3.05) is 18.6 Å². The molecule has 0 saturated heterocycles. The molecular weight excluding hydrogens is 286 g/mol. The number of aryl methyl sites for hydroxylation is 2. The number of carbonyl (C=O) groups is 1. The molecular formula is C16H25NO3S. The molecule has 0 aliphatic heterocycles. The first kappa shape index (κ1) is 17.7. The number of carbonyl (C=O) groups excluding carboxylic acids is 1. The molecule has 21 heavy (non-hydrogen) atoms. The molecule has 4 nitrogen and oxygen atoms in total. The van der Waals surface area contributed by atoms with Gasteiger partial charge in [0, 0.05) is 18.4 Å². The third kappa shape index (κ3) is 5.87. The van der Waals surface area contributed by atoms with Gasteiger partial charge in [-0.25, -0.2) is 8.42 Å². The first-order valence-corrected chi connectivity index (χ1v) is 9.10. The number of rotatable bonds is 6. The minimum Gasteiger partial charge on any atom is -0.351 e. The molecule has 118 valence electrons. The molecule has 5 heteroatoms. The molecule has 0 radical (unpaired) electrons. The number of amides is 1. The Balaban J connectivity index is 2.68. The molecule has 0 aliphatic carbocycles. The lowest BCUT2D eigenvalue weighted by Gasteiger charge is -2.25. The first-order chi connectivity index (χ1) is 9.52. The van der Waals surface area contributed by atoms with E-state index in [1.54, 1.807) is 0 Å². The molecule has 1 amide bonds. The Kier molecular flexibility index (Phi) is 5.56. The number of nitrogens with one attached hydrogen (secondary N) is 1. The van der Waals surface area contributed by atoms with Crippen LogP contribution in [0.15, 0.2) is 18.2 Å². The van der Waals surface area contributed by atoms with Crippen LogP contribution in [0.1, 0.15) is 41.8 Å². The Hall–Kier alpha value is -1.36.